The second-order valence-electron chi connectivity index (χ2n) is 6.40. The fourth-order valence-corrected chi connectivity index (χ4v) is 2.60. The van der Waals surface area contributed by atoms with Crippen molar-refractivity contribution in [3.63, 3.8) is 0 Å². The molecule has 0 aliphatic carbocycles. The van der Waals surface area contributed by atoms with Crippen molar-refractivity contribution in [2.45, 2.75) is 32.0 Å². The number of carbonyl (C=O) groups is 2. The molecule has 1 unspecified atom stereocenters. The molecule has 2 aromatic rings. The fraction of sp³-hybridized carbons (Fsp3) is 0.300. The van der Waals surface area contributed by atoms with Crippen LogP contribution in [0.3, 0.4) is 0 Å². The molecule has 0 fully saturated rings. The van der Waals surface area contributed by atoms with Crippen molar-refractivity contribution in [2.75, 3.05) is 6.54 Å². The Morgan fingerprint density at radius 2 is 1.79 bits per heavy atom. The molecule has 29 heavy (non-hydrogen) atoms. The van der Waals surface area contributed by atoms with Crippen molar-refractivity contribution >= 4 is 11.8 Å². The van der Waals surface area contributed by atoms with E-state index in [2.05, 4.69) is 10.6 Å². The van der Waals surface area contributed by atoms with Gasteiger partial charge in [0.05, 0.1) is 17.2 Å². The van der Waals surface area contributed by atoms with Crippen LogP contribution in [0.4, 0.5) is 22.0 Å². The predicted molar refractivity (Wildman–Crippen MR) is 95.9 cm³/mol. The van der Waals surface area contributed by atoms with Crippen molar-refractivity contribution < 1.29 is 31.5 Å². The summed E-state index contributed by atoms with van der Waals surface area (Å²) >= 11 is 0. The lowest BCUT2D eigenvalue weighted by Crippen LogP contribution is -2.29. The highest BCUT2D eigenvalue weighted by atomic mass is 19.4. The first-order valence-corrected chi connectivity index (χ1v) is 8.77. The molecule has 9 heteroatoms. The van der Waals surface area contributed by atoms with Gasteiger partial charge in [-0.25, -0.2) is 8.78 Å². The quantitative estimate of drug-likeness (QED) is 0.522. The molecule has 0 radical (unpaired) electrons. The number of alkyl halides is 3. The summed E-state index contributed by atoms with van der Waals surface area (Å²) in [7, 11) is 0. The molecule has 0 aliphatic rings. The molecule has 2 rings (SSSR count). The maximum Gasteiger partial charge on any atom is 0.416 e. The van der Waals surface area contributed by atoms with Gasteiger partial charge in [0.2, 0.25) is 5.91 Å². The third-order valence-electron chi connectivity index (χ3n) is 4.13. The van der Waals surface area contributed by atoms with Gasteiger partial charge in [-0.15, -0.1) is 0 Å². The first kappa shape index (κ1) is 22.3. The number of carbonyl (C=O) groups excluding carboxylic acids is 2. The monoisotopic (exact) mass is 414 g/mol. The highest BCUT2D eigenvalue weighted by molar-refractivity contribution is 5.94. The smallest absolute Gasteiger partial charge is 0.352 e. The Morgan fingerprint density at radius 3 is 2.45 bits per heavy atom. The third-order valence-corrected chi connectivity index (χ3v) is 4.13. The van der Waals surface area contributed by atoms with E-state index in [9.17, 15) is 31.5 Å². The average Bonchev–Trinajstić information content (AvgIpc) is 2.64. The van der Waals surface area contributed by atoms with Gasteiger partial charge in [0.1, 0.15) is 11.6 Å². The minimum absolute atomic E-state index is 0.00941. The number of nitrogens with one attached hydrogen (secondary N) is 2. The van der Waals surface area contributed by atoms with Crippen molar-refractivity contribution in [3.8, 4) is 0 Å². The number of halogens is 5. The van der Waals surface area contributed by atoms with Gasteiger partial charge < -0.3 is 10.6 Å². The van der Waals surface area contributed by atoms with Crippen molar-refractivity contribution in [1.82, 2.24) is 10.6 Å². The Balaban J connectivity index is 1.79. The molecule has 156 valence electrons. The standard InChI is InChI=1S/C20H19F5N2O2/c1-12(13-4-2-5-14(10-13)20(23,24)25)27-18(28)6-3-9-26-19(29)16-8-7-15(21)11-17(16)22/h2,4-5,7-8,10-12H,3,6,9H2,1H3,(H,26,29)(H,27,28). The number of amides is 2. The normalized spacial score (nSPS) is 12.3. The zero-order valence-corrected chi connectivity index (χ0v) is 15.4. The highest BCUT2D eigenvalue weighted by Gasteiger charge is 2.30. The van der Waals surface area contributed by atoms with Crippen LogP contribution in [0.25, 0.3) is 0 Å². The molecule has 4 nitrogen and oxygen atoms in total. The lowest BCUT2D eigenvalue weighted by Gasteiger charge is -2.16. The van der Waals surface area contributed by atoms with Gasteiger partial charge in [-0.05, 0) is 43.2 Å². The molecule has 0 spiro atoms. The topological polar surface area (TPSA) is 58.2 Å². The SMILES string of the molecule is CC(NC(=O)CCCNC(=O)c1ccc(F)cc1F)c1cccc(C(F)(F)F)c1. The Kier molecular flexibility index (Phi) is 7.30. The molecule has 1 atom stereocenters. The summed E-state index contributed by atoms with van der Waals surface area (Å²) in [4.78, 5) is 23.8. The van der Waals surface area contributed by atoms with E-state index >= 15 is 0 Å². The van der Waals surface area contributed by atoms with Gasteiger partial charge >= 0.3 is 6.18 Å². The van der Waals surface area contributed by atoms with Crippen molar-refractivity contribution in [1.29, 1.82) is 0 Å². The third kappa shape index (κ3) is 6.55. The molecule has 2 N–H and O–H groups in total. The summed E-state index contributed by atoms with van der Waals surface area (Å²) in [5.74, 6) is -2.93. The van der Waals surface area contributed by atoms with Crippen LogP contribution in [0.15, 0.2) is 42.5 Å². The van der Waals surface area contributed by atoms with Crippen LogP contribution in [0.2, 0.25) is 0 Å². The fourth-order valence-electron chi connectivity index (χ4n) is 2.60. The second-order valence-corrected chi connectivity index (χ2v) is 6.40. The highest BCUT2D eigenvalue weighted by Crippen LogP contribution is 2.30. The second kappa shape index (κ2) is 9.49. The summed E-state index contributed by atoms with van der Waals surface area (Å²) in [6, 6.07) is 6.62. The van der Waals surface area contributed by atoms with Crippen LogP contribution in [-0.4, -0.2) is 18.4 Å². The number of benzene rings is 2. The molecule has 0 heterocycles. The maximum atomic E-state index is 13.5. The zero-order chi connectivity index (χ0) is 21.6. The maximum absolute atomic E-state index is 13.5. The molecule has 0 aliphatic heterocycles. The van der Waals surface area contributed by atoms with E-state index < -0.39 is 41.2 Å². The Labute approximate surface area is 164 Å². The van der Waals surface area contributed by atoms with E-state index in [-0.39, 0.29) is 24.9 Å². The number of hydrogen-bond donors (Lipinski definition) is 2. The number of hydrogen-bond acceptors (Lipinski definition) is 2. The van der Waals surface area contributed by atoms with Gasteiger partial charge in [0, 0.05) is 19.0 Å². The summed E-state index contributed by atoms with van der Waals surface area (Å²) < 4.78 is 64.7. The molecule has 0 aromatic heterocycles. The van der Waals surface area contributed by atoms with Gasteiger partial charge in [-0.1, -0.05) is 12.1 Å². The van der Waals surface area contributed by atoms with E-state index in [0.29, 0.717) is 11.6 Å². The molecular weight excluding hydrogens is 395 g/mol. The zero-order valence-electron chi connectivity index (χ0n) is 15.4. The van der Waals surface area contributed by atoms with Crippen LogP contribution >= 0.6 is 0 Å². The van der Waals surface area contributed by atoms with Gasteiger partial charge in [-0.2, -0.15) is 13.2 Å². The van der Waals surface area contributed by atoms with Crippen LogP contribution in [-0.2, 0) is 11.0 Å². The lowest BCUT2D eigenvalue weighted by molar-refractivity contribution is -0.137. The van der Waals surface area contributed by atoms with Gasteiger partial charge in [0.15, 0.2) is 0 Å². The van der Waals surface area contributed by atoms with E-state index in [1.807, 2.05) is 0 Å². The van der Waals surface area contributed by atoms with E-state index in [0.717, 1.165) is 24.3 Å². The van der Waals surface area contributed by atoms with Crippen molar-refractivity contribution in [2.24, 2.45) is 0 Å². The van der Waals surface area contributed by atoms with Crippen LogP contribution in [0, 0.1) is 11.6 Å². The Bertz CT molecular complexity index is 883. The molecule has 0 saturated carbocycles. The summed E-state index contributed by atoms with van der Waals surface area (Å²) in [6.07, 6.45) is -4.23. The van der Waals surface area contributed by atoms with Gasteiger partial charge in [0.25, 0.3) is 5.91 Å². The molecule has 0 saturated heterocycles. The predicted octanol–water partition coefficient (Wildman–Crippen LogP) is 4.37. The largest absolute Gasteiger partial charge is 0.416 e. The van der Waals surface area contributed by atoms with E-state index in [1.54, 1.807) is 6.92 Å². The average molecular weight is 414 g/mol. The first-order valence-electron chi connectivity index (χ1n) is 8.77. The van der Waals surface area contributed by atoms with E-state index in [1.165, 1.54) is 12.1 Å². The first-order chi connectivity index (χ1) is 13.6. The summed E-state index contributed by atoms with van der Waals surface area (Å²) in [6.45, 7) is 1.63. The lowest BCUT2D eigenvalue weighted by atomic mass is 10.0. The Morgan fingerprint density at radius 1 is 1.07 bits per heavy atom. The molecule has 2 amide bonds. The summed E-state index contributed by atoms with van der Waals surface area (Å²) in [5.41, 5.74) is -0.797. The van der Waals surface area contributed by atoms with Crippen LogP contribution in [0.1, 0.15) is 47.3 Å². The van der Waals surface area contributed by atoms with Crippen LogP contribution < -0.4 is 10.6 Å². The van der Waals surface area contributed by atoms with Crippen LogP contribution in [0.5, 0.6) is 0 Å². The van der Waals surface area contributed by atoms with Crippen molar-refractivity contribution in [3.05, 3.63) is 70.8 Å². The Hall–Kier alpha value is -2.97. The molecular formula is C20H19F5N2O2. The van der Waals surface area contributed by atoms with Gasteiger partial charge in [-0.3, -0.25) is 9.59 Å². The molecule has 2 aromatic carbocycles. The minimum atomic E-state index is -4.47. The molecule has 0 bridgehead atoms. The van der Waals surface area contributed by atoms with E-state index in [4.69, 9.17) is 0 Å². The number of rotatable bonds is 7. The minimum Gasteiger partial charge on any atom is -0.352 e. The summed E-state index contributed by atoms with van der Waals surface area (Å²) in [5, 5.41) is 5.01.